The van der Waals surface area contributed by atoms with Gasteiger partial charge in [-0.25, -0.2) is 0 Å². The van der Waals surface area contributed by atoms with E-state index in [1.807, 2.05) is 6.92 Å². The second kappa shape index (κ2) is 6.07. The predicted molar refractivity (Wildman–Crippen MR) is 52.9 cm³/mol. The van der Waals surface area contributed by atoms with Crippen LogP contribution in [0.3, 0.4) is 0 Å². The van der Waals surface area contributed by atoms with Gasteiger partial charge in [-0.15, -0.1) is 0 Å². The fraction of sp³-hybridized carbons (Fsp3) is 0.750. The molecule has 0 aliphatic rings. The largest absolute Gasteiger partial charge is 0.541 e. The van der Waals surface area contributed by atoms with Crippen molar-refractivity contribution < 1.29 is 13.3 Å². The van der Waals surface area contributed by atoms with E-state index in [0.717, 1.165) is 12.8 Å². The molecule has 0 aliphatic heterocycles. The summed E-state index contributed by atoms with van der Waals surface area (Å²) in [5, 5.41) is 7.83. The fourth-order valence-electron chi connectivity index (χ4n) is 1.16. The fourth-order valence-corrected chi connectivity index (χ4v) is 3.11. The summed E-state index contributed by atoms with van der Waals surface area (Å²) < 4.78 is 15.7. The summed E-state index contributed by atoms with van der Waals surface area (Å²) in [4.78, 5) is 0. The Morgan fingerprint density at radius 1 is 1.23 bits per heavy atom. The molecule has 0 spiro atoms. The van der Waals surface area contributed by atoms with Crippen molar-refractivity contribution in [3.63, 3.8) is 0 Å². The molecule has 0 fully saturated rings. The van der Waals surface area contributed by atoms with Gasteiger partial charge >= 0.3 is 8.80 Å². The average Bonchev–Trinajstić information content (AvgIpc) is 2.19. The van der Waals surface area contributed by atoms with Crippen LogP contribution in [0.1, 0.15) is 19.8 Å². The van der Waals surface area contributed by atoms with Gasteiger partial charge in [-0.3, -0.25) is 5.41 Å². The van der Waals surface area contributed by atoms with Crippen LogP contribution < -0.4 is 0 Å². The summed E-state index contributed by atoms with van der Waals surface area (Å²) in [7, 11) is 1.85. The topological polar surface area (TPSA) is 51.5 Å². The highest BCUT2D eigenvalue weighted by Crippen LogP contribution is 2.19. The molecule has 0 aliphatic carbocycles. The lowest BCUT2D eigenvalue weighted by molar-refractivity contribution is 0.134. The maximum absolute atomic E-state index is 7.14. The third kappa shape index (κ3) is 2.75. The molecule has 13 heavy (non-hydrogen) atoms. The number of hydrogen-bond acceptors (Lipinski definition) is 4. The average molecular weight is 203 g/mol. The molecule has 0 heterocycles. The zero-order chi connectivity index (χ0) is 10.3. The van der Waals surface area contributed by atoms with Crippen molar-refractivity contribution in [2.45, 2.75) is 19.8 Å². The molecule has 0 atom stereocenters. The van der Waals surface area contributed by atoms with E-state index in [2.05, 4.69) is 5.87 Å². The van der Waals surface area contributed by atoms with E-state index in [-0.39, 0.29) is 0 Å². The van der Waals surface area contributed by atoms with Gasteiger partial charge in [0.25, 0.3) is 0 Å². The molecular weight excluding hydrogens is 186 g/mol. The van der Waals surface area contributed by atoms with Gasteiger partial charge in [-0.05, 0) is 12.3 Å². The summed E-state index contributed by atoms with van der Waals surface area (Å²) in [6.45, 7) is 2.03. The van der Waals surface area contributed by atoms with E-state index in [1.165, 1.54) is 21.3 Å². The first-order chi connectivity index (χ1) is 6.20. The van der Waals surface area contributed by atoms with E-state index in [4.69, 9.17) is 18.7 Å². The van der Waals surface area contributed by atoms with Gasteiger partial charge < -0.3 is 13.3 Å². The zero-order valence-corrected chi connectivity index (χ0v) is 9.64. The molecule has 4 nitrogen and oxygen atoms in total. The van der Waals surface area contributed by atoms with E-state index in [9.17, 15) is 0 Å². The summed E-state index contributed by atoms with van der Waals surface area (Å²) in [5.41, 5.74) is 0. The Kier molecular flexibility index (Phi) is 5.86. The number of hydrogen-bond donors (Lipinski definition) is 1. The second-order valence-electron chi connectivity index (χ2n) is 2.52. The molecule has 0 aromatic rings. The van der Waals surface area contributed by atoms with Gasteiger partial charge in [0.15, 0.2) is 0 Å². The lowest BCUT2D eigenvalue weighted by Crippen LogP contribution is -2.45. The zero-order valence-electron chi connectivity index (χ0n) is 8.64. The Balaban J connectivity index is 4.78. The highest BCUT2D eigenvalue weighted by Gasteiger charge is 2.42. The molecule has 5 heteroatoms. The Morgan fingerprint density at radius 2 is 1.69 bits per heavy atom. The molecule has 0 unspecified atom stereocenters. The molecule has 0 amide bonds. The van der Waals surface area contributed by atoms with Crippen molar-refractivity contribution in [2.24, 2.45) is 0 Å². The van der Waals surface area contributed by atoms with Gasteiger partial charge in [0.05, 0.1) is 5.20 Å². The summed E-state index contributed by atoms with van der Waals surface area (Å²) in [5.74, 6) is 2.35. The van der Waals surface area contributed by atoms with Crippen molar-refractivity contribution in [3.8, 4) is 0 Å². The van der Waals surface area contributed by atoms with Crippen molar-refractivity contribution in [1.82, 2.24) is 0 Å². The molecule has 0 saturated heterocycles. The lowest BCUT2D eigenvalue weighted by atomic mass is 10.3. The van der Waals surface area contributed by atoms with Crippen LogP contribution in [0.4, 0.5) is 0 Å². The van der Waals surface area contributed by atoms with Crippen LogP contribution in [0.15, 0.2) is 5.20 Å². The van der Waals surface area contributed by atoms with Crippen LogP contribution in [-0.2, 0) is 13.3 Å². The van der Waals surface area contributed by atoms with E-state index in [0.29, 0.717) is 5.20 Å². The van der Waals surface area contributed by atoms with Gasteiger partial charge in [-0.2, -0.15) is 0 Å². The summed E-state index contributed by atoms with van der Waals surface area (Å²) >= 11 is 0. The van der Waals surface area contributed by atoms with Crippen molar-refractivity contribution in [1.29, 1.82) is 5.41 Å². The lowest BCUT2D eigenvalue weighted by Gasteiger charge is -2.24. The predicted octanol–water partition coefficient (Wildman–Crippen LogP) is 1.38. The monoisotopic (exact) mass is 203 g/mol. The second-order valence-corrected chi connectivity index (χ2v) is 5.46. The number of rotatable bonds is 6. The first kappa shape index (κ1) is 12.5. The Labute approximate surface area is 80.4 Å². The van der Waals surface area contributed by atoms with E-state index < -0.39 is 8.80 Å². The number of allylic oxidation sites excluding steroid dienone is 1. The van der Waals surface area contributed by atoms with E-state index in [1.54, 1.807) is 0 Å². The summed E-state index contributed by atoms with van der Waals surface area (Å²) in [6.07, 6.45) is 1.65. The van der Waals surface area contributed by atoms with Crippen molar-refractivity contribution in [3.05, 3.63) is 5.20 Å². The minimum atomic E-state index is -2.75. The number of nitrogens with one attached hydrogen (secondary N) is 1. The molecule has 76 valence electrons. The normalized spacial score (nSPS) is 11.1. The molecule has 0 radical (unpaired) electrons. The molecule has 0 rings (SSSR count). The highest BCUT2D eigenvalue weighted by atomic mass is 28.4. The van der Waals surface area contributed by atoms with Crippen LogP contribution in [0.5, 0.6) is 0 Å². The van der Waals surface area contributed by atoms with Crippen LogP contribution in [0.25, 0.3) is 0 Å². The van der Waals surface area contributed by atoms with Gasteiger partial charge in [0, 0.05) is 21.3 Å². The smallest absolute Gasteiger partial charge is 0.373 e. The van der Waals surface area contributed by atoms with E-state index >= 15 is 0 Å². The first-order valence-electron chi connectivity index (χ1n) is 4.15. The van der Waals surface area contributed by atoms with Crippen molar-refractivity contribution >= 4 is 14.7 Å². The third-order valence-corrected chi connectivity index (χ3v) is 4.55. The Bertz CT molecular complexity index is 189. The quantitative estimate of drug-likeness (QED) is 0.524. The maximum Gasteiger partial charge on any atom is 0.541 e. The molecule has 0 bridgehead atoms. The Hall–Kier alpha value is -0.453. The van der Waals surface area contributed by atoms with Crippen LogP contribution in [-0.4, -0.2) is 36.0 Å². The van der Waals surface area contributed by atoms with Crippen molar-refractivity contribution in [2.75, 3.05) is 21.3 Å². The van der Waals surface area contributed by atoms with Gasteiger partial charge in [0.1, 0.15) is 0 Å². The minimum Gasteiger partial charge on any atom is -0.373 e. The SMILES string of the molecule is CCCC(=C=N)[Si](OC)(OC)OC. The minimum absolute atomic E-state index is 0.697. The third-order valence-electron chi connectivity index (χ3n) is 1.83. The highest BCUT2D eigenvalue weighted by molar-refractivity contribution is 6.70. The Morgan fingerprint density at radius 3 is 1.92 bits per heavy atom. The molecule has 0 aromatic carbocycles. The molecule has 0 saturated carbocycles. The standard InChI is InChI=1S/C8H17NO3Si/c1-5-6-8(7-9)13(10-2,11-3)12-4/h9H,5-6H2,1-4H3. The van der Waals surface area contributed by atoms with Crippen LogP contribution in [0, 0.1) is 5.41 Å². The van der Waals surface area contributed by atoms with Gasteiger partial charge in [0.2, 0.25) is 0 Å². The van der Waals surface area contributed by atoms with Gasteiger partial charge in [-0.1, -0.05) is 13.3 Å². The van der Waals surface area contributed by atoms with Crippen LogP contribution in [0.2, 0.25) is 0 Å². The molecule has 0 aromatic heterocycles. The molecule has 1 N–H and O–H groups in total. The maximum atomic E-state index is 7.14. The molecular formula is C8H17NO3Si. The first-order valence-corrected chi connectivity index (χ1v) is 5.87. The van der Waals surface area contributed by atoms with Crippen LogP contribution >= 0.6 is 0 Å². The summed E-state index contributed by atoms with van der Waals surface area (Å²) in [6, 6.07) is 0.